The summed E-state index contributed by atoms with van der Waals surface area (Å²) in [6, 6.07) is 0. The van der Waals surface area contributed by atoms with Gasteiger partial charge in [-0.25, -0.2) is 13.8 Å². The molecule has 14 heavy (non-hydrogen) atoms. The second kappa shape index (κ2) is 3.63. The van der Waals surface area contributed by atoms with E-state index in [1.165, 1.54) is 6.33 Å². The Bertz CT molecular complexity index is 284. The van der Waals surface area contributed by atoms with Crippen molar-refractivity contribution < 1.29 is 8.78 Å². The predicted octanol–water partition coefficient (Wildman–Crippen LogP) is 2.10. The lowest BCUT2D eigenvalue weighted by molar-refractivity contribution is -0.0551. The lowest BCUT2D eigenvalue weighted by Crippen LogP contribution is -2.28. The highest BCUT2D eigenvalue weighted by molar-refractivity contribution is 4.78. The van der Waals surface area contributed by atoms with E-state index < -0.39 is 5.92 Å². The number of aromatic nitrogens is 3. The summed E-state index contributed by atoms with van der Waals surface area (Å²) < 4.78 is 27.7. The Morgan fingerprint density at radius 1 is 1.50 bits per heavy atom. The fourth-order valence-electron chi connectivity index (χ4n) is 2.02. The first-order valence-electron chi connectivity index (χ1n) is 4.86. The van der Waals surface area contributed by atoms with Gasteiger partial charge in [-0.05, 0) is 18.8 Å². The number of nitrogens with zero attached hydrogens (tertiary/aromatic N) is 3. The maximum atomic E-state index is 13.0. The van der Waals surface area contributed by atoms with Crippen LogP contribution in [0.4, 0.5) is 8.78 Å². The molecule has 1 saturated carbocycles. The first kappa shape index (κ1) is 9.55. The molecule has 3 nitrogen and oxygen atoms in total. The van der Waals surface area contributed by atoms with Gasteiger partial charge in [-0.3, -0.25) is 4.68 Å². The molecule has 0 spiro atoms. The van der Waals surface area contributed by atoms with Crippen molar-refractivity contribution >= 4 is 0 Å². The SMILES string of the molecule is FC1(F)CCCC(Cn2cncn2)C1. The Morgan fingerprint density at radius 2 is 2.36 bits per heavy atom. The van der Waals surface area contributed by atoms with Crippen LogP contribution >= 0.6 is 0 Å². The minimum atomic E-state index is -2.47. The Hall–Kier alpha value is -1.00. The Balaban J connectivity index is 1.92. The van der Waals surface area contributed by atoms with Crippen LogP contribution in [0.15, 0.2) is 12.7 Å². The van der Waals surface area contributed by atoms with E-state index in [4.69, 9.17) is 0 Å². The normalized spacial score (nSPS) is 26.3. The van der Waals surface area contributed by atoms with Gasteiger partial charge < -0.3 is 0 Å². The quantitative estimate of drug-likeness (QED) is 0.733. The molecule has 1 fully saturated rings. The van der Waals surface area contributed by atoms with Gasteiger partial charge in [0.05, 0.1) is 0 Å². The average Bonchev–Trinajstić information content (AvgIpc) is 2.54. The highest BCUT2D eigenvalue weighted by Crippen LogP contribution is 2.37. The summed E-state index contributed by atoms with van der Waals surface area (Å²) in [5, 5.41) is 3.92. The van der Waals surface area contributed by atoms with Crippen LogP contribution in [0, 0.1) is 5.92 Å². The van der Waals surface area contributed by atoms with Gasteiger partial charge in [-0.2, -0.15) is 5.10 Å². The zero-order chi connectivity index (χ0) is 10.0. The molecule has 1 atom stereocenters. The summed E-state index contributed by atoms with van der Waals surface area (Å²) in [6.45, 7) is 0.565. The van der Waals surface area contributed by atoms with Crippen molar-refractivity contribution in [2.45, 2.75) is 38.2 Å². The van der Waals surface area contributed by atoms with Crippen molar-refractivity contribution in [1.82, 2.24) is 14.8 Å². The lowest BCUT2D eigenvalue weighted by atomic mass is 9.86. The van der Waals surface area contributed by atoms with Crippen LogP contribution in [-0.4, -0.2) is 20.7 Å². The smallest absolute Gasteiger partial charge is 0.248 e. The molecule has 0 radical (unpaired) electrons. The standard InChI is InChI=1S/C9H13F2N3/c10-9(11)3-1-2-8(4-9)5-14-7-12-6-13-14/h6-8H,1-5H2. The third-order valence-corrected chi connectivity index (χ3v) is 2.65. The summed E-state index contributed by atoms with van der Waals surface area (Å²) in [4.78, 5) is 3.79. The van der Waals surface area contributed by atoms with Crippen molar-refractivity contribution in [2.75, 3.05) is 0 Å². The number of rotatable bonds is 2. The topological polar surface area (TPSA) is 30.7 Å². The molecule has 0 saturated heterocycles. The molecule has 1 unspecified atom stereocenters. The fourth-order valence-corrected chi connectivity index (χ4v) is 2.02. The second-order valence-corrected chi connectivity index (χ2v) is 3.94. The highest BCUT2D eigenvalue weighted by atomic mass is 19.3. The van der Waals surface area contributed by atoms with Crippen molar-refractivity contribution in [3.05, 3.63) is 12.7 Å². The van der Waals surface area contributed by atoms with Gasteiger partial charge in [0.2, 0.25) is 5.92 Å². The molecule has 1 aromatic rings. The molecule has 78 valence electrons. The molecule has 1 aromatic heterocycles. The van der Waals surface area contributed by atoms with Crippen LogP contribution in [0.1, 0.15) is 25.7 Å². The first-order valence-corrected chi connectivity index (χ1v) is 4.86. The molecule has 1 aliphatic carbocycles. The summed E-state index contributed by atoms with van der Waals surface area (Å²) in [5.41, 5.74) is 0. The zero-order valence-corrected chi connectivity index (χ0v) is 7.87. The van der Waals surface area contributed by atoms with Crippen LogP contribution in [0.5, 0.6) is 0 Å². The molecule has 1 heterocycles. The van der Waals surface area contributed by atoms with Crippen LogP contribution < -0.4 is 0 Å². The molecule has 5 heteroatoms. The van der Waals surface area contributed by atoms with Gasteiger partial charge in [0, 0.05) is 19.4 Å². The number of alkyl halides is 2. The van der Waals surface area contributed by atoms with E-state index in [2.05, 4.69) is 10.1 Å². The molecule has 0 aliphatic heterocycles. The molecule has 0 aromatic carbocycles. The van der Waals surface area contributed by atoms with Crippen LogP contribution in [0.25, 0.3) is 0 Å². The summed E-state index contributed by atoms with van der Waals surface area (Å²) in [5.74, 6) is -2.43. The second-order valence-electron chi connectivity index (χ2n) is 3.94. The van der Waals surface area contributed by atoms with Crippen molar-refractivity contribution in [1.29, 1.82) is 0 Å². The van der Waals surface area contributed by atoms with Gasteiger partial charge in [0.1, 0.15) is 12.7 Å². The predicted molar refractivity (Wildman–Crippen MR) is 46.9 cm³/mol. The van der Waals surface area contributed by atoms with Gasteiger partial charge in [0.25, 0.3) is 0 Å². The Kier molecular flexibility index (Phi) is 2.48. The molecular formula is C9H13F2N3. The number of halogens is 2. The van der Waals surface area contributed by atoms with E-state index in [1.54, 1.807) is 11.0 Å². The van der Waals surface area contributed by atoms with Gasteiger partial charge in [-0.1, -0.05) is 0 Å². The van der Waals surface area contributed by atoms with E-state index in [1.807, 2.05) is 0 Å². The van der Waals surface area contributed by atoms with Crippen molar-refractivity contribution in [3.63, 3.8) is 0 Å². The highest BCUT2D eigenvalue weighted by Gasteiger charge is 2.36. The van der Waals surface area contributed by atoms with Crippen molar-refractivity contribution in [3.8, 4) is 0 Å². The largest absolute Gasteiger partial charge is 0.253 e. The molecule has 1 aliphatic rings. The van der Waals surface area contributed by atoms with Gasteiger partial charge in [0.15, 0.2) is 0 Å². The molecule has 2 rings (SSSR count). The third kappa shape index (κ3) is 2.27. The van der Waals surface area contributed by atoms with E-state index in [0.717, 1.165) is 6.42 Å². The van der Waals surface area contributed by atoms with E-state index in [9.17, 15) is 8.78 Å². The van der Waals surface area contributed by atoms with Gasteiger partial charge >= 0.3 is 0 Å². The van der Waals surface area contributed by atoms with Gasteiger partial charge in [-0.15, -0.1) is 0 Å². The van der Waals surface area contributed by atoms with E-state index in [-0.39, 0.29) is 18.8 Å². The monoisotopic (exact) mass is 201 g/mol. The minimum Gasteiger partial charge on any atom is -0.253 e. The lowest BCUT2D eigenvalue weighted by Gasteiger charge is -2.28. The Labute approximate surface area is 81.1 Å². The van der Waals surface area contributed by atoms with Crippen LogP contribution in [0.3, 0.4) is 0 Å². The zero-order valence-electron chi connectivity index (χ0n) is 7.87. The summed E-state index contributed by atoms with van der Waals surface area (Å²) in [7, 11) is 0. The molecular weight excluding hydrogens is 188 g/mol. The Morgan fingerprint density at radius 3 is 3.00 bits per heavy atom. The fraction of sp³-hybridized carbons (Fsp3) is 0.778. The molecule has 0 N–H and O–H groups in total. The van der Waals surface area contributed by atoms with E-state index >= 15 is 0 Å². The minimum absolute atomic E-state index is 0.00708. The van der Waals surface area contributed by atoms with E-state index in [0.29, 0.717) is 13.0 Å². The van der Waals surface area contributed by atoms with Crippen molar-refractivity contribution in [2.24, 2.45) is 5.92 Å². The third-order valence-electron chi connectivity index (χ3n) is 2.65. The number of hydrogen-bond donors (Lipinski definition) is 0. The maximum absolute atomic E-state index is 13.0. The maximum Gasteiger partial charge on any atom is 0.248 e. The number of hydrogen-bond acceptors (Lipinski definition) is 2. The summed E-state index contributed by atoms with van der Waals surface area (Å²) in [6.07, 6.45) is 4.53. The van der Waals surface area contributed by atoms with Crippen LogP contribution in [0.2, 0.25) is 0 Å². The molecule has 0 bridgehead atoms. The summed E-state index contributed by atoms with van der Waals surface area (Å²) >= 11 is 0. The van der Waals surface area contributed by atoms with Crippen LogP contribution in [-0.2, 0) is 6.54 Å². The average molecular weight is 201 g/mol. The first-order chi connectivity index (χ1) is 6.66. The molecule has 0 amide bonds.